The van der Waals surface area contributed by atoms with Crippen molar-refractivity contribution in [2.45, 2.75) is 64.3 Å². The SMILES string of the molecule is C[C@H](NC(=O)[C@H](Cc1ccccc1)NC(=O)OC(C)(C)C)C(=O)N[C@H](C=O)Cc1ccccc1. The second-order valence-corrected chi connectivity index (χ2v) is 9.06. The molecule has 0 spiro atoms. The van der Waals surface area contributed by atoms with E-state index >= 15 is 0 Å². The normalized spacial score (nSPS) is 13.6. The van der Waals surface area contributed by atoms with Crippen LogP contribution in [0, 0.1) is 0 Å². The molecule has 8 heteroatoms. The fraction of sp³-hybridized carbons (Fsp3) is 0.385. The molecule has 0 aliphatic heterocycles. The third-order valence-electron chi connectivity index (χ3n) is 4.83. The average molecular weight is 468 g/mol. The Bertz CT molecular complexity index is 957. The van der Waals surface area contributed by atoms with Crippen LogP contribution in [0.25, 0.3) is 0 Å². The fourth-order valence-electron chi connectivity index (χ4n) is 3.20. The van der Waals surface area contributed by atoms with Crippen molar-refractivity contribution < 1.29 is 23.9 Å². The molecule has 0 heterocycles. The molecule has 0 saturated heterocycles. The van der Waals surface area contributed by atoms with Crippen LogP contribution in [-0.4, -0.2) is 47.9 Å². The third-order valence-corrected chi connectivity index (χ3v) is 4.83. The van der Waals surface area contributed by atoms with Crippen LogP contribution in [0.1, 0.15) is 38.8 Å². The van der Waals surface area contributed by atoms with Crippen molar-refractivity contribution in [1.29, 1.82) is 0 Å². The number of hydrogen-bond donors (Lipinski definition) is 3. The third kappa shape index (κ3) is 9.44. The molecule has 0 bridgehead atoms. The zero-order valence-corrected chi connectivity index (χ0v) is 20.0. The highest BCUT2D eigenvalue weighted by atomic mass is 16.6. The molecule has 2 aromatic rings. The van der Waals surface area contributed by atoms with Crippen LogP contribution in [0.5, 0.6) is 0 Å². The maximum Gasteiger partial charge on any atom is 0.408 e. The smallest absolute Gasteiger partial charge is 0.408 e. The molecule has 0 aliphatic rings. The lowest BCUT2D eigenvalue weighted by Gasteiger charge is -2.25. The molecule has 0 unspecified atom stereocenters. The topological polar surface area (TPSA) is 114 Å². The maximum absolute atomic E-state index is 13.0. The van der Waals surface area contributed by atoms with Gasteiger partial charge in [-0.3, -0.25) is 9.59 Å². The zero-order chi connectivity index (χ0) is 25.1. The summed E-state index contributed by atoms with van der Waals surface area (Å²) >= 11 is 0. The van der Waals surface area contributed by atoms with Crippen LogP contribution >= 0.6 is 0 Å². The Hall–Kier alpha value is -3.68. The summed E-state index contributed by atoms with van der Waals surface area (Å²) in [6.45, 7) is 6.70. The van der Waals surface area contributed by atoms with Crippen molar-refractivity contribution in [3.05, 3.63) is 71.8 Å². The molecule has 2 rings (SSSR count). The number of benzene rings is 2. The van der Waals surface area contributed by atoms with Gasteiger partial charge < -0.3 is 25.5 Å². The Morgan fingerprint density at radius 3 is 1.85 bits per heavy atom. The van der Waals surface area contributed by atoms with Crippen molar-refractivity contribution in [3.63, 3.8) is 0 Å². The highest BCUT2D eigenvalue weighted by Gasteiger charge is 2.27. The van der Waals surface area contributed by atoms with E-state index in [9.17, 15) is 19.2 Å². The van der Waals surface area contributed by atoms with E-state index < -0.39 is 41.6 Å². The van der Waals surface area contributed by atoms with E-state index in [1.807, 2.05) is 60.7 Å². The predicted octanol–water partition coefficient (Wildman–Crippen LogP) is 2.55. The number of nitrogens with one attached hydrogen (secondary N) is 3. The van der Waals surface area contributed by atoms with E-state index in [1.54, 1.807) is 20.8 Å². The summed E-state index contributed by atoms with van der Waals surface area (Å²) in [5, 5.41) is 7.86. The minimum atomic E-state index is -0.960. The van der Waals surface area contributed by atoms with Crippen molar-refractivity contribution in [2.24, 2.45) is 0 Å². The number of ether oxygens (including phenoxy) is 1. The number of hydrogen-bond acceptors (Lipinski definition) is 5. The minimum absolute atomic E-state index is 0.214. The molecule has 2 aromatic carbocycles. The fourth-order valence-corrected chi connectivity index (χ4v) is 3.20. The van der Waals surface area contributed by atoms with Gasteiger partial charge in [-0.15, -0.1) is 0 Å². The second-order valence-electron chi connectivity index (χ2n) is 9.06. The van der Waals surface area contributed by atoms with Crippen LogP contribution in [0.4, 0.5) is 4.79 Å². The summed E-state index contributed by atoms with van der Waals surface area (Å²) in [7, 11) is 0. The lowest BCUT2D eigenvalue weighted by atomic mass is 10.0. The van der Waals surface area contributed by atoms with Crippen molar-refractivity contribution >= 4 is 24.2 Å². The first-order valence-corrected chi connectivity index (χ1v) is 11.2. The molecule has 0 aromatic heterocycles. The Morgan fingerprint density at radius 1 is 0.824 bits per heavy atom. The highest BCUT2D eigenvalue weighted by Crippen LogP contribution is 2.09. The molecular weight excluding hydrogens is 434 g/mol. The van der Waals surface area contributed by atoms with Gasteiger partial charge in [0.05, 0.1) is 6.04 Å². The van der Waals surface area contributed by atoms with E-state index in [0.29, 0.717) is 12.7 Å². The van der Waals surface area contributed by atoms with Gasteiger partial charge in [0.2, 0.25) is 11.8 Å². The van der Waals surface area contributed by atoms with E-state index in [0.717, 1.165) is 11.1 Å². The highest BCUT2D eigenvalue weighted by molar-refractivity contribution is 5.92. The Labute approximate surface area is 200 Å². The minimum Gasteiger partial charge on any atom is -0.444 e. The summed E-state index contributed by atoms with van der Waals surface area (Å²) in [5.74, 6) is -1.04. The first kappa shape index (κ1) is 26.6. The lowest BCUT2D eigenvalue weighted by molar-refractivity contribution is -0.130. The Morgan fingerprint density at radius 2 is 1.35 bits per heavy atom. The van der Waals surface area contributed by atoms with Gasteiger partial charge in [0.25, 0.3) is 0 Å². The van der Waals surface area contributed by atoms with E-state index in [-0.39, 0.29) is 6.42 Å². The predicted molar refractivity (Wildman–Crippen MR) is 129 cm³/mol. The summed E-state index contributed by atoms with van der Waals surface area (Å²) in [6, 6.07) is 15.9. The summed E-state index contributed by atoms with van der Waals surface area (Å²) in [5.41, 5.74) is 1.01. The number of aldehydes is 1. The summed E-state index contributed by atoms with van der Waals surface area (Å²) < 4.78 is 5.28. The molecule has 8 nitrogen and oxygen atoms in total. The van der Waals surface area contributed by atoms with Gasteiger partial charge in [0.15, 0.2) is 0 Å². The largest absolute Gasteiger partial charge is 0.444 e. The summed E-state index contributed by atoms with van der Waals surface area (Å²) in [6.07, 6.45) is 0.491. The number of carbonyl (C=O) groups excluding carboxylic acids is 4. The zero-order valence-electron chi connectivity index (χ0n) is 20.0. The van der Waals surface area contributed by atoms with Gasteiger partial charge in [-0.25, -0.2) is 4.79 Å². The molecule has 3 atom stereocenters. The molecule has 3 amide bonds. The second kappa shape index (κ2) is 12.5. The quantitative estimate of drug-likeness (QED) is 0.465. The lowest BCUT2D eigenvalue weighted by Crippen LogP contribution is -2.55. The van der Waals surface area contributed by atoms with Crippen molar-refractivity contribution in [2.75, 3.05) is 0 Å². The molecule has 182 valence electrons. The number of carbonyl (C=O) groups is 4. The van der Waals surface area contributed by atoms with Gasteiger partial charge >= 0.3 is 6.09 Å². The van der Waals surface area contributed by atoms with Crippen LogP contribution in [0.3, 0.4) is 0 Å². The standard InChI is InChI=1S/C26H33N3O5/c1-18(23(31)28-21(17-30)15-19-11-7-5-8-12-19)27-24(32)22(16-20-13-9-6-10-14-20)29-25(33)34-26(2,3)4/h5-14,17-18,21-22H,15-16H2,1-4H3,(H,27,32)(H,28,31)(H,29,33)/t18-,21-,22-/m0/s1. The molecule has 0 radical (unpaired) electrons. The monoisotopic (exact) mass is 467 g/mol. The van der Waals surface area contributed by atoms with Crippen LogP contribution < -0.4 is 16.0 Å². The van der Waals surface area contributed by atoms with Crippen molar-refractivity contribution in [3.8, 4) is 0 Å². The van der Waals surface area contributed by atoms with Gasteiger partial charge in [-0.05, 0) is 45.2 Å². The maximum atomic E-state index is 13.0. The Balaban J connectivity index is 2.02. The van der Waals surface area contributed by atoms with E-state index in [1.165, 1.54) is 6.92 Å². The van der Waals surface area contributed by atoms with Crippen molar-refractivity contribution in [1.82, 2.24) is 16.0 Å². The van der Waals surface area contributed by atoms with Gasteiger partial charge in [0, 0.05) is 6.42 Å². The van der Waals surface area contributed by atoms with E-state index in [2.05, 4.69) is 16.0 Å². The Kier molecular flexibility index (Phi) is 9.79. The number of alkyl carbamates (subject to hydrolysis) is 1. The molecule has 0 saturated carbocycles. The molecule has 0 fully saturated rings. The van der Waals surface area contributed by atoms with Crippen LogP contribution in [-0.2, 0) is 32.0 Å². The molecular formula is C26H33N3O5. The first-order chi connectivity index (χ1) is 16.1. The molecule has 3 N–H and O–H groups in total. The van der Waals surface area contributed by atoms with Gasteiger partial charge in [-0.2, -0.15) is 0 Å². The number of rotatable bonds is 10. The van der Waals surface area contributed by atoms with Gasteiger partial charge in [0.1, 0.15) is 24.0 Å². The molecule has 0 aliphatic carbocycles. The number of amides is 3. The summed E-state index contributed by atoms with van der Waals surface area (Å²) in [4.78, 5) is 49.4. The van der Waals surface area contributed by atoms with E-state index in [4.69, 9.17) is 4.74 Å². The first-order valence-electron chi connectivity index (χ1n) is 11.2. The van der Waals surface area contributed by atoms with Crippen LogP contribution in [0.2, 0.25) is 0 Å². The van der Waals surface area contributed by atoms with Gasteiger partial charge in [-0.1, -0.05) is 60.7 Å². The average Bonchev–Trinajstić information content (AvgIpc) is 2.78. The molecule has 34 heavy (non-hydrogen) atoms. The van der Waals surface area contributed by atoms with Crippen LogP contribution in [0.15, 0.2) is 60.7 Å².